The highest BCUT2D eigenvalue weighted by Crippen LogP contribution is 2.14. The van der Waals surface area contributed by atoms with Crippen molar-refractivity contribution in [2.24, 2.45) is 0 Å². The normalized spacial score (nSPS) is 24.2. The highest BCUT2D eigenvalue weighted by molar-refractivity contribution is 5.90. The Bertz CT molecular complexity index is 461. The van der Waals surface area contributed by atoms with Gasteiger partial charge in [-0.25, -0.2) is 4.98 Å². The van der Waals surface area contributed by atoms with Gasteiger partial charge in [0.05, 0.1) is 6.10 Å². The average molecular weight is 279 g/mol. The molecule has 3 rings (SSSR count). The number of rotatable bonds is 3. The molecule has 0 spiro atoms. The average Bonchev–Trinajstić information content (AvgIpc) is 3.10. The lowest BCUT2D eigenvalue weighted by atomic mass is 10.2. The maximum Gasteiger partial charge on any atom is 0.293 e. The number of aryl methyl sites for hydroxylation is 1. The Morgan fingerprint density at radius 3 is 2.80 bits per heavy atom. The Morgan fingerprint density at radius 2 is 2.20 bits per heavy atom. The van der Waals surface area contributed by atoms with Crippen LogP contribution in [0.2, 0.25) is 0 Å². The third-order valence-corrected chi connectivity index (χ3v) is 3.93. The number of hydrogen-bond acceptors (Lipinski definition) is 5. The van der Waals surface area contributed by atoms with Crippen LogP contribution in [-0.2, 0) is 4.74 Å². The molecule has 0 aromatic carbocycles. The smallest absolute Gasteiger partial charge is 0.293 e. The monoisotopic (exact) mass is 279 g/mol. The van der Waals surface area contributed by atoms with Crippen LogP contribution in [0.5, 0.6) is 0 Å². The van der Waals surface area contributed by atoms with Crippen molar-refractivity contribution in [1.82, 2.24) is 25.0 Å². The molecular weight excluding hydrogens is 258 g/mol. The van der Waals surface area contributed by atoms with Crippen LogP contribution >= 0.6 is 0 Å². The van der Waals surface area contributed by atoms with Crippen molar-refractivity contribution in [3.05, 3.63) is 11.6 Å². The minimum Gasteiger partial charge on any atom is -0.377 e. The van der Waals surface area contributed by atoms with E-state index in [1.807, 2.05) is 4.90 Å². The Kier molecular flexibility index (Phi) is 3.98. The van der Waals surface area contributed by atoms with E-state index in [1.165, 1.54) is 6.42 Å². The molecule has 2 aliphatic heterocycles. The van der Waals surface area contributed by atoms with Crippen LogP contribution in [-0.4, -0.2) is 76.3 Å². The van der Waals surface area contributed by atoms with Gasteiger partial charge >= 0.3 is 0 Å². The predicted octanol–water partition coefficient (Wildman–Crippen LogP) is 0.0499. The van der Waals surface area contributed by atoms with Gasteiger partial charge in [-0.2, -0.15) is 0 Å². The van der Waals surface area contributed by atoms with E-state index in [0.29, 0.717) is 11.9 Å². The zero-order valence-corrected chi connectivity index (χ0v) is 11.8. The number of aromatic nitrogens is 3. The van der Waals surface area contributed by atoms with E-state index in [0.717, 1.165) is 45.8 Å². The molecule has 2 fully saturated rings. The Labute approximate surface area is 118 Å². The van der Waals surface area contributed by atoms with Crippen molar-refractivity contribution < 1.29 is 9.53 Å². The molecule has 3 heterocycles. The third kappa shape index (κ3) is 2.99. The number of hydrogen-bond donors (Lipinski definition) is 1. The second-order valence-corrected chi connectivity index (χ2v) is 5.47. The van der Waals surface area contributed by atoms with E-state index in [1.54, 1.807) is 6.92 Å². The molecule has 1 atom stereocenters. The highest BCUT2D eigenvalue weighted by Gasteiger charge is 2.26. The van der Waals surface area contributed by atoms with Gasteiger partial charge in [-0.15, -0.1) is 5.10 Å². The molecule has 2 aliphatic rings. The topological polar surface area (TPSA) is 74.3 Å². The fraction of sp³-hybridized carbons (Fsp3) is 0.769. The molecule has 1 amide bonds. The predicted molar refractivity (Wildman–Crippen MR) is 72.4 cm³/mol. The van der Waals surface area contributed by atoms with Crippen LogP contribution < -0.4 is 0 Å². The van der Waals surface area contributed by atoms with Crippen LogP contribution in [0.4, 0.5) is 0 Å². The zero-order chi connectivity index (χ0) is 13.9. The van der Waals surface area contributed by atoms with Crippen LogP contribution in [0.3, 0.4) is 0 Å². The van der Waals surface area contributed by atoms with Crippen LogP contribution in [0, 0.1) is 6.92 Å². The van der Waals surface area contributed by atoms with Gasteiger partial charge in [-0.05, 0) is 19.8 Å². The molecule has 0 aliphatic carbocycles. The number of carbonyl (C=O) groups excluding carboxylic acids is 1. The highest BCUT2D eigenvalue weighted by atomic mass is 16.5. The summed E-state index contributed by atoms with van der Waals surface area (Å²) in [4.78, 5) is 20.5. The molecule has 0 saturated carbocycles. The van der Waals surface area contributed by atoms with Crippen molar-refractivity contribution >= 4 is 5.91 Å². The van der Waals surface area contributed by atoms with Gasteiger partial charge in [-0.1, -0.05) is 0 Å². The summed E-state index contributed by atoms with van der Waals surface area (Å²) in [6.45, 7) is 6.95. The number of carbonyl (C=O) groups is 1. The maximum absolute atomic E-state index is 12.2. The van der Waals surface area contributed by atoms with Crippen LogP contribution in [0.1, 0.15) is 29.3 Å². The van der Waals surface area contributed by atoms with Crippen molar-refractivity contribution in [2.75, 3.05) is 39.3 Å². The first-order chi connectivity index (χ1) is 9.72. The molecule has 2 saturated heterocycles. The molecule has 7 nitrogen and oxygen atoms in total. The van der Waals surface area contributed by atoms with E-state index >= 15 is 0 Å². The number of H-pyrrole nitrogens is 1. The van der Waals surface area contributed by atoms with Gasteiger partial charge in [0, 0.05) is 39.3 Å². The second-order valence-electron chi connectivity index (χ2n) is 5.47. The summed E-state index contributed by atoms with van der Waals surface area (Å²) in [6, 6.07) is 0. The third-order valence-electron chi connectivity index (χ3n) is 3.93. The van der Waals surface area contributed by atoms with E-state index in [2.05, 4.69) is 20.1 Å². The molecule has 7 heteroatoms. The maximum atomic E-state index is 12.2. The minimum absolute atomic E-state index is 0.0777. The summed E-state index contributed by atoms with van der Waals surface area (Å²) < 4.78 is 5.66. The largest absolute Gasteiger partial charge is 0.377 e. The van der Waals surface area contributed by atoms with Gasteiger partial charge in [-0.3, -0.25) is 14.8 Å². The Balaban J connectivity index is 1.49. The standard InChI is InChI=1S/C13H21N5O2/c1-10-14-12(16-15-10)13(19)18-6-4-17(5-7-18)9-11-3-2-8-20-11/h11H,2-9H2,1H3,(H,14,15,16). The quantitative estimate of drug-likeness (QED) is 0.846. The molecule has 0 radical (unpaired) electrons. The lowest BCUT2D eigenvalue weighted by molar-refractivity contribution is 0.0427. The zero-order valence-electron chi connectivity index (χ0n) is 11.8. The first-order valence-corrected chi connectivity index (χ1v) is 7.24. The number of ether oxygens (including phenoxy) is 1. The lowest BCUT2D eigenvalue weighted by Crippen LogP contribution is -2.50. The van der Waals surface area contributed by atoms with Gasteiger partial charge < -0.3 is 9.64 Å². The summed E-state index contributed by atoms with van der Waals surface area (Å²) in [6.07, 6.45) is 2.72. The molecule has 1 unspecified atom stereocenters. The first-order valence-electron chi connectivity index (χ1n) is 7.24. The molecule has 1 aromatic heterocycles. The summed E-state index contributed by atoms with van der Waals surface area (Å²) in [7, 11) is 0. The van der Waals surface area contributed by atoms with E-state index < -0.39 is 0 Å². The summed E-state index contributed by atoms with van der Waals surface area (Å²) in [5.41, 5.74) is 0. The van der Waals surface area contributed by atoms with Crippen LogP contribution in [0.25, 0.3) is 0 Å². The second kappa shape index (κ2) is 5.88. The number of nitrogens with one attached hydrogen (secondary N) is 1. The molecular formula is C13H21N5O2. The van der Waals surface area contributed by atoms with Crippen molar-refractivity contribution in [3.63, 3.8) is 0 Å². The summed E-state index contributed by atoms with van der Waals surface area (Å²) >= 11 is 0. The molecule has 110 valence electrons. The van der Waals surface area contributed by atoms with Crippen LogP contribution in [0.15, 0.2) is 0 Å². The Morgan fingerprint density at radius 1 is 1.40 bits per heavy atom. The van der Waals surface area contributed by atoms with Gasteiger partial charge in [0.25, 0.3) is 5.91 Å². The summed E-state index contributed by atoms with van der Waals surface area (Å²) in [5.74, 6) is 0.867. The van der Waals surface area contributed by atoms with Gasteiger partial charge in [0.15, 0.2) is 0 Å². The SMILES string of the molecule is Cc1nc(C(=O)N2CCN(CC3CCCO3)CC2)n[nH]1. The van der Waals surface area contributed by atoms with E-state index in [-0.39, 0.29) is 11.7 Å². The Hall–Kier alpha value is -1.47. The van der Waals surface area contributed by atoms with Gasteiger partial charge in [0.2, 0.25) is 5.82 Å². The first kappa shape index (κ1) is 13.5. The molecule has 1 aromatic rings. The lowest BCUT2D eigenvalue weighted by Gasteiger charge is -2.35. The van der Waals surface area contributed by atoms with Gasteiger partial charge in [0.1, 0.15) is 5.82 Å². The minimum atomic E-state index is -0.0777. The number of nitrogens with zero attached hydrogens (tertiary/aromatic N) is 4. The van der Waals surface area contributed by atoms with Crippen molar-refractivity contribution in [2.45, 2.75) is 25.9 Å². The van der Waals surface area contributed by atoms with E-state index in [4.69, 9.17) is 4.74 Å². The van der Waals surface area contributed by atoms with Crippen molar-refractivity contribution in [1.29, 1.82) is 0 Å². The fourth-order valence-corrected chi connectivity index (χ4v) is 2.79. The number of aromatic amines is 1. The molecule has 0 bridgehead atoms. The fourth-order valence-electron chi connectivity index (χ4n) is 2.79. The van der Waals surface area contributed by atoms with E-state index in [9.17, 15) is 4.79 Å². The number of piperazine rings is 1. The molecule has 1 N–H and O–H groups in total. The summed E-state index contributed by atoms with van der Waals surface area (Å²) in [5, 5.41) is 6.64. The van der Waals surface area contributed by atoms with Crippen molar-refractivity contribution in [3.8, 4) is 0 Å². The molecule has 20 heavy (non-hydrogen) atoms. The number of amides is 1.